The van der Waals surface area contributed by atoms with E-state index in [-0.39, 0.29) is 18.3 Å². The van der Waals surface area contributed by atoms with Crippen molar-refractivity contribution in [3.05, 3.63) is 66.2 Å². The van der Waals surface area contributed by atoms with Crippen LogP contribution in [0.3, 0.4) is 0 Å². The third-order valence-electron chi connectivity index (χ3n) is 5.48. The molecule has 3 aromatic rings. The summed E-state index contributed by atoms with van der Waals surface area (Å²) in [5.41, 5.74) is 1.04. The Morgan fingerprint density at radius 3 is 2.58 bits per heavy atom. The Balaban J connectivity index is 1.63. The van der Waals surface area contributed by atoms with Crippen LogP contribution in [0.5, 0.6) is 5.75 Å². The predicted octanol–water partition coefficient (Wildman–Crippen LogP) is 4.55. The van der Waals surface area contributed by atoms with Gasteiger partial charge < -0.3 is 9.64 Å². The highest BCUT2D eigenvalue weighted by Crippen LogP contribution is 2.38. The largest absolute Gasteiger partial charge is 0.490 e. The maximum absolute atomic E-state index is 12.9. The first-order chi connectivity index (χ1) is 14.7. The van der Waals surface area contributed by atoms with Gasteiger partial charge in [0.15, 0.2) is 0 Å². The van der Waals surface area contributed by atoms with E-state index in [2.05, 4.69) is 4.72 Å². The molecule has 0 fully saturated rings. The minimum Gasteiger partial charge on any atom is -0.490 e. The van der Waals surface area contributed by atoms with E-state index in [1.807, 2.05) is 63.2 Å². The highest BCUT2D eigenvalue weighted by molar-refractivity contribution is 7.91. The zero-order valence-electron chi connectivity index (χ0n) is 17.9. The summed E-state index contributed by atoms with van der Waals surface area (Å²) in [5, 5.41) is 1.91. The van der Waals surface area contributed by atoms with Gasteiger partial charge in [-0.05, 0) is 55.3 Å². The molecular formula is C24H26N2O4S. The van der Waals surface area contributed by atoms with Gasteiger partial charge in [0.1, 0.15) is 12.4 Å². The molecule has 0 aromatic heterocycles. The first-order valence-corrected chi connectivity index (χ1v) is 11.9. The van der Waals surface area contributed by atoms with Crippen molar-refractivity contribution >= 4 is 38.1 Å². The molecular weight excluding hydrogens is 412 g/mol. The molecule has 3 aromatic carbocycles. The van der Waals surface area contributed by atoms with Gasteiger partial charge in [-0.15, -0.1) is 0 Å². The van der Waals surface area contributed by atoms with Crippen LogP contribution in [0, 0.1) is 5.41 Å². The normalized spacial score (nSPS) is 15.8. The van der Waals surface area contributed by atoms with Crippen molar-refractivity contribution in [3.63, 3.8) is 0 Å². The van der Waals surface area contributed by atoms with Gasteiger partial charge in [0.25, 0.3) is 0 Å². The number of fused-ring (bicyclic) bond motifs is 2. The van der Waals surface area contributed by atoms with Gasteiger partial charge >= 0.3 is 0 Å². The number of sulfonamides is 1. The second-order valence-corrected chi connectivity index (χ2v) is 10.1. The number of benzene rings is 3. The van der Waals surface area contributed by atoms with E-state index in [1.165, 1.54) is 0 Å². The molecule has 0 spiro atoms. The Hall–Kier alpha value is -3.06. The molecule has 162 valence electrons. The number of ether oxygens (including phenoxy) is 1. The number of hydrogen-bond donors (Lipinski definition) is 1. The molecule has 0 radical (unpaired) electrons. The van der Waals surface area contributed by atoms with Crippen molar-refractivity contribution < 1.29 is 17.9 Å². The maximum Gasteiger partial charge on any atom is 0.236 e. The average molecular weight is 439 g/mol. The molecule has 1 heterocycles. The van der Waals surface area contributed by atoms with Gasteiger partial charge in [-0.2, -0.15) is 0 Å². The molecule has 0 saturated carbocycles. The minimum atomic E-state index is -3.67. The summed E-state index contributed by atoms with van der Waals surface area (Å²) in [7, 11) is -3.67. The second kappa shape index (κ2) is 7.89. The molecule has 0 aliphatic carbocycles. The first-order valence-electron chi connectivity index (χ1n) is 10.3. The van der Waals surface area contributed by atoms with E-state index < -0.39 is 15.4 Å². The molecule has 1 aliphatic heterocycles. The highest BCUT2D eigenvalue weighted by atomic mass is 32.2. The van der Waals surface area contributed by atoms with Crippen LogP contribution in [0.2, 0.25) is 0 Å². The van der Waals surface area contributed by atoms with Crippen LogP contribution in [0.4, 0.5) is 11.4 Å². The van der Waals surface area contributed by atoms with Crippen molar-refractivity contribution in [1.29, 1.82) is 0 Å². The Kier molecular flexibility index (Phi) is 5.39. The van der Waals surface area contributed by atoms with Gasteiger partial charge in [0.2, 0.25) is 15.9 Å². The molecule has 1 amide bonds. The molecule has 1 N–H and O–H groups in total. The van der Waals surface area contributed by atoms with E-state index in [0.717, 1.165) is 16.3 Å². The number of amides is 1. The fourth-order valence-electron chi connectivity index (χ4n) is 3.86. The summed E-state index contributed by atoms with van der Waals surface area (Å²) in [6.07, 6.45) is 0. The van der Waals surface area contributed by atoms with Crippen LogP contribution in [0.1, 0.15) is 26.3 Å². The topological polar surface area (TPSA) is 75.7 Å². The highest BCUT2D eigenvalue weighted by Gasteiger charge is 2.37. The molecule has 31 heavy (non-hydrogen) atoms. The Labute approximate surface area is 182 Å². The lowest BCUT2D eigenvalue weighted by Crippen LogP contribution is -2.42. The summed E-state index contributed by atoms with van der Waals surface area (Å²) in [5.74, 6) is 0.369. The molecule has 0 saturated heterocycles. The fraction of sp³-hybridized carbons (Fsp3) is 0.292. The van der Waals surface area contributed by atoms with E-state index in [4.69, 9.17) is 4.74 Å². The summed E-state index contributed by atoms with van der Waals surface area (Å²) in [6, 6.07) is 18.4. The first kappa shape index (κ1) is 21.2. The minimum absolute atomic E-state index is 0.0514. The molecule has 1 aliphatic rings. The third kappa shape index (κ3) is 4.23. The van der Waals surface area contributed by atoms with Gasteiger partial charge in [0.05, 0.1) is 22.5 Å². The smallest absolute Gasteiger partial charge is 0.236 e. The zero-order chi connectivity index (χ0) is 22.2. The number of carbonyl (C=O) groups is 1. The van der Waals surface area contributed by atoms with Gasteiger partial charge in [-0.25, -0.2) is 8.42 Å². The monoisotopic (exact) mass is 438 g/mol. The molecule has 6 nitrogen and oxygen atoms in total. The molecule has 4 rings (SSSR count). The third-order valence-corrected chi connectivity index (χ3v) is 6.72. The fourth-order valence-corrected chi connectivity index (χ4v) is 5.08. The lowest BCUT2D eigenvalue weighted by Gasteiger charge is -2.27. The molecule has 7 heteroatoms. The summed E-state index contributed by atoms with van der Waals surface area (Å²) in [4.78, 5) is 14.6. The SMILES string of the molecule is CCN1C(=O)C(C)(C)COc2ccc(NS(=O)(=O)Cc3cccc4ccccc34)cc21. The lowest BCUT2D eigenvalue weighted by atomic mass is 9.93. The van der Waals surface area contributed by atoms with Crippen LogP contribution < -0.4 is 14.4 Å². The molecule has 0 unspecified atom stereocenters. The van der Waals surface area contributed by atoms with Crippen LogP contribution in [-0.4, -0.2) is 27.5 Å². The Morgan fingerprint density at radius 2 is 1.81 bits per heavy atom. The predicted molar refractivity (Wildman–Crippen MR) is 124 cm³/mol. The summed E-state index contributed by atoms with van der Waals surface area (Å²) < 4.78 is 34.4. The van der Waals surface area contributed by atoms with Crippen molar-refractivity contribution in [3.8, 4) is 5.75 Å². The van der Waals surface area contributed by atoms with Gasteiger partial charge in [-0.1, -0.05) is 42.5 Å². The number of rotatable bonds is 5. The second-order valence-electron chi connectivity index (χ2n) is 8.40. The Bertz CT molecular complexity index is 1250. The van der Waals surface area contributed by atoms with Crippen LogP contribution >= 0.6 is 0 Å². The molecule has 0 atom stereocenters. The number of hydrogen-bond acceptors (Lipinski definition) is 4. The average Bonchev–Trinajstić information content (AvgIpc) is 2.82. The zero-order valence-corrected chi connectivity index (χ0v) is 18.7. The van der Waals surface area contributed by atoms with Crippen LogP contribution in [-0.2, 0) is 20.6 Å². The molecule has 0 bridgehead atoms. The van der Waals surface area contributed by atoms with E-state index >= 15 is 0 Å². The quantitative estimate of drug-likeness (QED) is 0.634. The van der Waals surface area contributed by atoms with E-state index in [9.17, 15) is 13.2 Å². The standard InChI is InChI=1S/C24H26N2O4S/c1-4-26-21-14-19(12-13-22(21)30-16-24(2,3)23(26)27)25-31(28,29)15-18-10-7-9-17-8-5-6-11-20(17)18/h5-14,25H,4,15-16H2,1-3H3. The van der Waals surface area contributed by atoms with E-state index in [1.54, 1.807) is 23.1 Å². The van der Waals surface area contributed by atoms with Crippen molar-refractivity contribution in [2.24, 2.45) is 5.41 Å². The maximum atomic E-state index is 12.9. The summed E-state index contributed by atoms with van der Waals surface area (Å²) >= 11 is 0. The van der Waals surface area contributed by atoms with Crippen molar-refractivity contribution in [2.45, 2.75) is 26.5 Å². The number of carbonyl (C=O) groups excluding carboxylic acids is 1. The lowest BCUT2D eigenvalue weighted by molar-refractivity contribution is -0.127. The van der Waals surface area contributed by atoms with Crippen molar-refractivity contribution in [1.82, 2.24) is 0 Å². The number of nitrogens with one attached hydrogen (secondary N) is 1. The van der Waals surface area contributed by atoms with Crippen LogP contribution in [0.15, 0.2) is 60.7 Å². The van der Waals surface area contributed by atoms with E-state index in [0.29, 0.717) is 23.7 Å². The van der Waals surface area contributed by atoms with Crippen LogP contribution in [0.25, 0.3) is 10.8 Å². The van der Waals surface area contributed by atoms with Gasteiger partial charge in [-0.3, -0.25) is 9.52 Å². The Morgan fingerprint density at radius 1 is 1.06 bits per heavy atom. The summed E-state index contributed by atoms with van der Waals surface area (Å²) in [6.45, 7) is 6.31. The van der Waals surface area contributed by atoms with Crippen molar-refractivity contribution in [2.75, 3.05) is 22.8 Å². The number of anilines is 2. The van der Waals surface area contributed by atoms with Gasteiger partial charge in [0, 0.05) is 6.54 Å². The number of nitrogens with zero attached hydrogens (tertiary/aromatic N) is 1.